The molecule has 0 amide bonds. The van der Waals surface area contributed by atoms with E-state index in [0.29, 0.717) is 6.04 Å². The number of rotatable bonds is 5. The lowest BCUT2D eigenvalue weighted by Gasteiger charge is -2.40. The Kier molecular flexibility index (Phi) is 6.50. The van der Waals surface area contributed by atoms with E-state index in [1.54, 1.807) is 0 Å². The minimum atomic E-state index is -0.233. The Morgan fingerprint density at radius 1 is 0.806 bits per heavy atom. The van der Waals surface area contributed by atoms with Crippen molar-refractivity contribution in [3.63, 3.8) is 0 Å². The van der Waals surface area contributed by atoms with E-state index >= 15 is 0 Å². The second-order valence-electron chi connectivity index (χ2n) is 9.29. The molecule has 2 aromatic rings. The van der Waals surface area contributed by atoms with Gasteiger partial charge in [-0.3, -0.25) is 14.7 Å². The number of nitrogens with zero attached hydrogens (tertiary/aromatic N) is 5. The van der Waals surface area contributed by atoms with E-state index in [1.807, 2.05) is 12.3 Å². The van der Waals surface area contributed by atoms with Crippen LogP contribution in [0.4, 0.5) is 5.82 Å². The highest BCUT2D eigenvalue weighted by atomic mass is 16.3. The molecule has 31 heavy (non-hydrogen) atoms. The van der Waals surface area contributed by atoms with Gasteiger partial charge in [-0.05, 0) is 43.6 Å². The van der Waals surface area contributed by atoms with Crippen LogP contribution in [-0.4, -0.2) is 95.3 Å². The first-order valence-corrected chi connectivity index (χ1v) is 11.8. The summed E-state index contributed by atoms with van der Waals surface area (Å²) in [7, 11) is 0. The van der Waals surface area contributed by atoms with Crippen molar-refractivity contribution in [1.29, 1.82) is 0 Å². The van der Waals surface area contributed by atoms with Gasteiger partial charge in [-0.1, -0.05) is 36.4 Å². The summed E-state index contributed by atoms with van der Waals surface area (Å²) in [6, 6.07) is 17.8. The number of benzene rings is 1. The molecule has 3 aliphatic heterocycles. The molecule has 0 bridgehead atoms. The average Bonchev–Trinajstić information content (AvgIpc) is 3.22. The highest BCUT2D eigenvalue weighted by Gasteiger charge is 2.40. The highest BCUT2D eigenvalue weighted by molar-refractivity contribution is 5.38. The first-order valence-electron chi connectivity index (χ1n) is 11.8. The molecule has 3 aliphatic rings. The number of pyridine rings is 1. The molecular formula is C25H35N5O. The number of hydrogen-bond donors (Lipinski definition) is 1. The van der Waals surface area contributed by atoms with Crippen LogP contribution >= 0.6 is 0 Å². The van der Waals surface area contributed by atoms with Gasteiger partial charge in [0.15, 0.2) is 0 Å². The molecule has 6 heteroatoms. The lowest BCUT2D eigenvalue weighted by atomic mass is 10.0. The predicted molar refractivity (Wildman–Crippen MR) is 124 cm³/mol. The first-order chi connectivity index (χ1) is 15.3. The van der Waals surface area contributed by atoms with Crippen LogP contribution in [0.15, 0.2) is 54.7 Å². The van der Waals surface area contributed by atoms with Crippen molar-refractivity contribution in [1.82, 2.24) is 19.7 Å². The Balaban J connectivity index is 1.10. The van der Waals surface area contributed by atoms with Crippen molar-refractivity contribution in [2.24, 2.45) is 0 Å². The summed E-state index contributed by atoms with van der Waals surface area (Å²) in [4.78, 5) is 14.5. The molecule has 6 nitrogen and oxygen atoms in total. The van der Waals surface area contributed by atoms with Gasteiger partial charge in [0.25, 0.3) is 0 Å². The summed E-state index contributed by atoms with van der Waals surface area (Å²) in [5, 5.41) is 10.9. The van der Waals surface area contributed by atoms with Crippen molar-refractivity contribution >= 4 is 5.82 Å². The number of aromatic nitrogens is 1. The van der Waals surface area contributed by atoms with Crippen LogP contribution < -0.4 is 4.90 Å². The summed E-state index contributed by atoms with van der Waals surface area (Å²) in [6.07, 6.45) is 4.05. The van der Waals surface area contributed by atoms with Gasteiger partial charge < -0.3 is 10.0 Å². The fourth-order valence-electron chi connectivity index (χ4n) is 5.56. The van der Waals surface area contributed by atoms with Crippen LogP contribution in [0, 0.1) is 0 Å². The molecular weight excluding hydrogens is 386 g/mol. The minimum Gasteiger partial charge on any atom is -0.390 e. The SMILES string of the molecule is O[C@H]1CN(C2CCN(Cc3ccccc3)CC2)C[C@@H]1N1CCN(c2ccccn2)CC1. The fraction of sp³-hybridized carbons (Fsp3) is 0.560. The molecule has 166 valence electrons. The van der Waals surface area contributed by atoms with Crippen molar-refractivity contribution < 1.29 is 5.11 Å². The molecule has 0 radical (unpaired) electrons. The maximum Gasteiger partial charge on any atom is 0.128 e. The molecule has 4 heterocycles. The number of aliphatic hydroxyl groups is 1. The lowest BCUT2D eigenvalue weighted by molar-refractivity contribution is 0.0785. The van der Waals surface area contributed by atoms with E-state index in [4.69, 9.17) is 0 Å². The molecule has 3 fully saturated rings. The Morgan fingerprint density at radius 3 is 2.26 bits per heavy atom. The van der Waals surface area contributed by atoms with Crippen LogP contribution in [0.5, 0.6) is 0 Å². The Bertz CT molecular complexity index is 803. The topological polar surface area (TPSA) is 46.1 Å². The zero-order valence-corrected chi connectivity index (χ0v) is 18.4. The zero-order chi connectivity index (χ0) is 21.0. The molecule has 0 aliphatic carbocycles. The third-order valence-electron chi connectivity index (χ3n) is 7.37. The van der Waals surface area contributed by atoms with Gasteiger partial charge in [-0.15, -0.1) is 0 Å². The smallest absolute Gasteiger partial charge is 0.128 e. The molecule has 1 aromatic carbocycles. The molecule has 0 spiro atoms. The standard InChI is InChI=1S/C25H35N5O/c31-24-20-30(22-9-12-27(13-10-22)18-21-6-2-1-3-7-21)19-23(24)28-14-16-29(17-15-28)25-8-4-5-11-26-25/h1-8,11,22-24,31H,9-10,12-20H2/t23-,24-/m0/s1. The number of β-amino-alcohol motifs (C(OH)–C–C–N with tert-alkyl or cyclic N) is 1. The number of hydrogen-bond acceptors (Lipinski definition) is 6. The second kappa shape index (κ2) is 9.65. The number of likely N-dealkylation sites (tertiary alicyclic amines) is 2. The normalized spacial score (nSPS) is 27.1. The van der Waals surface area contributed by atoms with E-state index < -0.39 is 0 Å². The summed E-state index contributed by atoms with van der Waals surface area (Å²) in [5.41, 5.74) is 1.41. The maximum absolute atomic E-state index is 10.9. The van der Waals surface area contributed by atoms with Crippen LogP contribution in [0.1, 0.15) is 18.4 Å². The number of piperidine rings is 1. The number of anilines is 1. The molecule has 1 N–H and O–H groups in total. The summed E-state index contributed by atoms with van der Waals surface area (Å²) >= 11 is 0. The quantitative estimate of drug-likeness (QED) is 0.796. The van der Waals surface area contributed by atoms with E-state index in [9.17, 15) is 5.11 Å². The van der Waals surface area contributed by atoms with Gasteiger partial charge in [0.2, 0.25) is 0 Å². The van der Waals surface area contributed by atoms with Gasteiger partial charge >= 0.3 is 0 Å². The predicted octanol–water partition coefficient (Wildman–Crippen LogP) is 1.91. The van der Waals surface area contributed by atoms with E-state index in [1.165, 1.54) is 18.4 Å². The summed E-state index contributed by atoms with van der Waals surface area (Å²) < 4.78 is 0. The van der Waals surface area contributed by atoms with E-state index in [0.717, 1.165) is 64.7 Å². The number of aliphatic hydroxyl groups excluding tert-OH is 1. The zero-order valence-electron chi connectivity index (χ0n) is 18.4. The molecule has 1 aromatic heterocycles. The van der Waals surface area contributed by atoms with Gasteiger partial charge in [0, 0.05) is 64.1 Å². The van der Waals surface area contributed by atoms with Crippen molar-refractivity contribution in [2.45, 2.75) is 37.6 Å². The molecule has 0 unspecified atom stereocenters. The third-order valence-corrected chi connectivity index (χ3v) is 7.37. The van der Waals surface area contributed by atoms with Crippen LogP contribution in [-0.2, 0) is 6.54 Å². The molecule has 3 saturated heterocycles. The minimum absolute atomic E-state index is 0.233. The van der Waals surface area contributed by atoms with Crippen molar-refractivity contribution in [2.75, 3.05) is 57.3 Å². The third kappa shape index (κ3) is 4.93. The van der Waals surface area contributed by atoms with Crippen molar-refractivity contribution in [3.05, 3.63) is 60.3 Å². The molecule has 0 saturated carbocycles. The Morgan fingerprint density at radius 2 is 1.55 bits per heavy atom. The van der Waals surface area contributed by atoms with Crippen LogP contribution in [0.3, 0.4) is 0 Å². The van der Waals surface area contributed by atoms with Crippen LogP contribution in [0.2, 0.25) is 0 Å². The van der Waals surface area contributed by atoms with Gasteiger partial charge in [-0.2, -0.15) is 0 Å². The van der Waals surface area contributed by atoms with Crippen molar-refractivity contribution in [3.8, 4) is 0 Å². The fourth-order valence-corrected chi connectivity index (χ4v) is 5.56. The highest BCUT2D eigenvalue weighted by Crippen LogP contribution is 2.26. The number of piperazine rings is 1. The largest absolute Gasteiger partial charge is 0.390 e. The van der Waals surface area contributed by atoms with Gasteiger partial charge in [-0.25, -0.2) is 4.98 Å². The molecule has 2 atom stereocenters. The van der Waals surface area contributed by atoms with Gasteiger partial charge in [0.05, 0.1) is 6.10 Å². The van der Waals surface area contributed by atoms with E-state index in [-0.39, 0.29) is 12.1 Å². The first kappa shape index (κ1) is 20.9. The second-order valence-corrected chi connectivity index (χ2v) is 9.29. The van der Waals surface area contributed by atoms with Gasteiger partial charge in [0.1, 0.15) is 5.82 Å². The summed E-state index contributed by atoms with van der Waals surface area (Å²) in [6.45, 7) is 9.17. The summed E-state index contributed by atoms with van der Waals surface area (Å²) in [5.74, 6) is 1.07. The maximum atomic E-state index is 10.9. The van der Waals surface area contributed by atoms with Crippen LogP contribution in [0.25, 0.3) is 0 Å². The molecule has 5 rings (SSSR count). The van der Waals surface area contributed by atoms with E-state index in [2.05, 4.69) is 67.0 Å². The monoisotopic (exact) mass is 421 g/mol. The Labute approximate surface area is 186 Å². The Hall–Kier alpha value is -1.99. The lowest BCUT2D eigenvalue weighted by Crippen LogP contribution is -2.54. The average molecular weight is 422 g/mol.